The first-order valence-corrected chi connectivity index (χ1v) is 8.36. The van der Waals surface area contributed by atoms with Crippen LogP contribution in [0.1, 0.15) is 12.8 Å². The van der Waals surface area contributed by atoms with Crippen molar-refractivity contribution < 1.29 is 18.3 Å². The van der Waals surface area contributed by atoms with Gasteiger partial charge in [-0.1, -0.05) is 0 Å². The molecule has 1 aromatic carbocycles. The molecular weight excluding hydrogens is 294 g/mol. The summed E-state index contributed by atoms with van der Waals surface area (Å²) < 4.78 is 28.3. The molecule has 0 bridgehead atoms. The fraction of sp³-hybridized carbons (Fsp3) is 0.538. The third-order valence-electron chi connectivity index (χ3n) is 3.56. The Bertz CT molecular complexity index is 583. The van der Waals surface area contributed by atoms with E-state index in [0.29, 0.717) is 31.1 Å². The van der Waals surface area contributed by atoms with E-state index in [4.69, 9.17) is 20.7 Å². The molecule has 0 saturated carbocycles. The van der Waals surface area contributed by atoms with Crippen LogP contribution in [0.2, 0.25) is 0 Å². The normalized spacial score (nSPS) is 17.1. The van der Waals surface area contributed by atoms with E-state index in [1.165, 1.54) is 12.1 Å². The van der Waals surface area contributed by atoms with E-state index in [9.17, 15) is 8.42 Å². The second-order valence-corrected chi connectivity index (χ2v) is 6.61. The molecule has 0 radical (unpaired) electrons. The van der Waals surface area contributed by atoms with Crippen molar-refractivity contribution in [2.45, 2.75) is 23.8 Å². The lowest BCUT2D eigenvalue weighted by atomic mass is 10.1. The lowest BCUT2D eigenvalue weighted by Gasteiger charge is -2.34. The fourth-order valence-electron chi connectivity index (χ4n) is 2.46. The molecule has 0 aliphatic carbocycles. The minimum atomic E-state index is -3.74. The molecule has 1 aliphatic rings. The topological polar surface area (TPSA) is 119 Å². The van der Waals surface area contributed by atoms with Gasteiger partial charge >= 0.3 is 0 Å². The van der Waals surface area contributed by atoms with Gasteiger partial charge in [-0.05, 0) is 31.0 Å². The van der Waals surface area contributed by atoms with Crippen LogP contribution in [0.4, 0.5) is 11.4 Å². The second kappa shape index (κ2) is 6.61. The summed E-state index contributed by atoms with van der Waals surface area (Å²) in [5.74, 6) is 0. The fourth-order valence-corrected chi connectivity index (χ4v) is 2.99. The van der Waals surface area contributed by atoms with Gasteiger partial charge in [-0.2, -0.15) is 0 Å². The summed E-state index contributed by atoms with van der Waals surface area (Å²) in [7, 11) is -3.74. The van der Waals surface area contributed by atoms with Crippen LogP contribution >= 0.6 is 0 Å². The number of aliphatic hydroxyl groups is 1. The summed E-state index contributed by atoms with van der Waals surface area (Å²) in [5.41, 5.74) is 7.14. The Morgan fingerprint density at radius 1 is 1.33 bits per heavy atom. The highest BCUT2D eigenvalue weighted by Gasteiger charge is 2.22. The third-order valence-corrected chi connectivity index (χ3v) is 4.47. The van der Waals surface area contributed by atoms with E-state index in [-0.39, 0.29) is 17.6 Å². The van der Waals surface area contributed by atoms with Crippen LogP contribution in [0.25, 0.3) is 0 Å². The Morgan fingerprint density at radius 2 is 2.00 bits per heavy atom. The van der Waals surface area contributed by atoms with E-state index < -0.39 is 10.0 Å². The summed E-state index contributed by atoms with van der Waals surface area (Å²) in [4.78, 5) is 2.09. The van der Waals surface area contributed by atoms with E-state index in [0.717, 1.165) is 12.8 Å². The van der Waals surface area contributed by atoms with Gasteiger partial charge in [0, 0.05) is 13.1 Å². The predicted octanol–water partition coefficient (Wildman–Crippen LogP) is -0.106. The molecule has 0 amide bonds. The molecular formula is C13H21N3O4S. The molecule has 21 heavy (non-hydrogen) atoms. The first-order valence-electron chi connectivity index (χ1n) is 6.81. The van der Waals surface area contributed by atoms with Crippen LogP contribution in [-0.4, -0.2) is 45.9 Å². The summed E-state index contributed by atoms with van der Waals surface area (Å²) in [5, 5.41) is 13.9. The van der Waals surface area contributed by atoms with Crippen LogP contribution in [0.5, 0.6) is 0 Å². The maximum Gasteiger partial charge on any atom is 0.238 e. The number of aliphatic hydroxyl groups excluding tert-OH is 1. The molecule has 1 fully saturated rings. The number of anilines is 2. The molecule has 5 N–H and O–H groups in total. The average Bonchev–Trinajstić information content (AvgIpc) is 2.45. The van der Waals surface area contributed by atoms with Gasteiger partial charge in [0.2, 0.25) is 10.0 Å². The van der Waals surface area contributed by atoms with Crippen molar-refractivity contribution in [1.29, 1.82) is 0 Å². The predicted molar refractivity (Wildman–Crippen MR) is 80.5 cm³/mol. The standard InChI is InChI=1S/C13H21N3O4S/c14-12-2-1-11(21(15,18)19)9-13(12)16-5-3-10(4-6-16)20-8-7-17/h1-2,9-10,17H,3-8,14H2,(H2,15,18,19). The van der Waals surface area contributed by atoms with Gasteiger partial charge in [-0.3, -0.25) is 0 Å². The van der Waals surface area contributed by atoms with Gasteiger partial charge in [0.25, 0.3) is 0 Å². The first kappa shape index (κ1) is 16.0. The van der Waals surface area contributed by atoms with Gasteiger partial charge in [-0.15, -0.1) is 0 Å². The molecule has 0 aromatic heterocycles. The number of nitrogen functional groups attached to an aromatic ring is 1. The maximum atomic E-state index is 11.4. The van der Waals surface area contributed by atoms with Crippen molar-refractivity contribution in [3.05, 3.63) is 18.2 Å². The Labute approximate surface area is 124 Å². The van der Waals surface area contributed by atoms with E-state index in [1.54, 1.807) is 6.07 Å². The van der Waals surface area contributed by atoms with Gasteiger partial charge in [0.05, 0.1) is 35.6 Å². The zero-order chi connectivity index (χ0) is 15.5. The van der Waals surface area contributed by atoms with Crippen LogP contribution in [-0.2, 0) is 14.8 Å². The Kier molecular flexibility index (Phi) is 5.04. The van der Waals surface area contributed by atoms with Crippen LogP contribution in [0.3, 0.4) is 0 Å². The molecule has 0 spiro atoms. The van der Waals surface area contributed by atoms with Crippen LogP contribution in [0, 0.1) is 0 Å². The lowest BCUT2D eigenvalue weighted by molar-refractivity contribution is 0.0159. The van der Waals surface area contributed by atoms with E-state index >= 15 is 0 Å². The minimum Gasteiger partial charge on any atom is -0.397 e. The number of ether oxygens (including phenoxy) is 1. The monoisotopic (exact) mass is 315 g/mol. The summed E-state index contributed by atoms with van der Waals surface area (Å²) in [6.45, 7) is 1.79. The van der Waals surface area contributed by atoms with Crippen molar-refractivity contribution in [2.24, 2.45) is 5.14 Å². The first-order chi connectivity index (χ1) is 9.91. The van der Waals surface area contributed by atoms with E-state index in [1.807, 2.05) is 4.90 Å². The zero-order valence-electron chi connectivity index (χ0n) is 11.7. The zero-order valence-corrected chi connectivity index (χ0v) is 12.6. The number of sulfonamides is 1. The Balaban J connectivity index is 2.09. The van der Waals surface area contributed by atoms with Crippen LogP contribution < -0.4 is 15.8 Å². The number of rotatable bonds is 5. The van der Waals surface area contributed by atoms with Crippen LogP contribution in [0.15, 0.2) is 23.1 Å². The molecule has 1 heterocycles. The quantitative estimate of drug-likeness (QED) is 0.653. The largest absolute Gasteiger partial charge is 0.397 e. The number of benzene rings is 1. The SMILES string of the molecule is Nc1ccc(S(N)(=O)=O)cc1N1CCC(OCCO)CC1. The van der Waals surface area contributed by atoms with Gasteiger partial charge in [-0.25, -0.2) is 13.6 Å². The maximum absolute atomic E-state index is 11.4. The highest BCUT2D eigenvalue weighted by Crippen LogP contribution is 2.29. The molecule has 1 saturated heterocycles. The number of primary sulfonamides is 1. The summed E-state index contributed by atoms with van der Waals surface area (Å²) in [6.07, 6.45) is 1.73. The number of nitrogens with two attached hydrogens (primary N) is 2. The third kappa shape index (κ3) is 4.07. The number of nitrogens with zero attached hydrogens (tertiary/aromatic N) is 1. The van der Waals surface area contributed by atoms with Gasteiger partial charge in [0.1, 0.15) is 0 Å². The number of piperidine rings is 1. The Hall–Kier alpha value is -1.35. The van der Waals surface area contributed by atoms with Crippen molar-refractivity contribution in [1.82, 2.24) is 0 Å². The highest BCUT2D eigenvalue weighted by atomic mass is 32.2. The molecule has 0 atom stereocenters. The number of hydrogen-bond donors (Lipinski definition) is 3. The molecule has 0 unspecified atom stereocenters. The van der Waals surface area contributed by atoms with Crippen molar-refractivity contribution in [3.63, 3.8) is 0 Å². The highest BCUT2D eigenvalue weighted by molar-refractivity contribution is 7.89. The lowest BCUT2D eigenvalue weighted by Crippen LogP contribution is -2.37. The minimum absolute atomic E-state index is 0.0174. The Morgan fingerprint density at radius 3 is 2.57 bits per heavy atom. The molecule has 7 nitrogen and oxygen atoms in total. The van der Waals surface area contributed by atoms with Crippen molar-refractivity contribution >= 4 is 21.4 Å². The van der Waals surface area contributed by atoms with Gasteiger partial charge in [0.15, 0.2) is 0 Å². The van der Waals surface area contributed by atoms with Crippen molar-refractivity contribution in [2.75, 3.05) is 36.9 Å². The second-order valence-electron chi connectivity index (χ2n) is 5.05. The summed E-state index contributed by atoms with van der Waals surface area (Å²) >= 11 is 0. The molecule has 118 valence electrons. The van der Waals surface area contributed by atoms with E-state index in [2.05, 4.69) is 0 Å². The molecule has 1 aliphatic heterocycles. The molecule has 1 aromatic rings. The molecule has 2 rings (SSSR count). The average molecular weight is 315 g/mol. The number of hydrogen-bond acceptors (Lipinski definition) is 6. The summed E-state index contributed by atoms with van der Waals surface area (Å²) in [6, 6.07) is 4.48. The van der Waals surface area contributed by atoms with Crippen molar-refractivity contribution in [3.8, 4) is 0 Å². The molecule has 8 heteroatoms. The van der Waals surface area contributed by atoms with Gasteiger partial charge < -0.3 is 20.5 Å². The smallest absolute Gasteiger partial charge is 0.238 e.